The first-order chi connectivity index (χ1) is 16.0. The van der Waals surface area contributed by atoms with Crippen molar-refractivity contribution in [2.24, 2.45) is 0 Å². The molecular weight excluding hydrogens is 424 g/mol. The molecular formula is C24H24N4O5. The van der Waals surface area contributed by atoms with E-state index in [1.54, 1.807) is 55.2 Å². The highest BCUT2D eigenvalue weighted by atomic mass is 16.5. The molecule has 1 aliphatic heterocycles. The first kappa shape index (κ1) is 22.1. The maximum Gasteiger partial charge on any atom is 0.295 e. The van der Waals surface area contributed by atoms with Crippen molar-refractivity contribution in [3.8, 4) is 11.5 Å². The molecule has 1 aliphatic rings. The molecule has 1 aromatic carbocycles. The fourth-order valence-electron chi connectivity index (χ4n) is 3.98. The number of amides is 1. The second kappa shape index (κ2) is 9.56. The molecule has 1 fully saturated rings. The van der Waals surface area contributed by atoms with E-state index >= 15 is 0 Å². The van der Waals surface area contributed by atoms with E-state index in [0.29, 0.717) is 42.1 Å². The van der Waals surface area contributed by atoms with Crippen molar-refractivity contribution < 1.29 is 24.2 Å². The van der Waals surface area contributed by atoms with Gasteiger partial charge in [-0.1, -0.05) is 6.07 Å². The van der Waals surface area contributed by atoms with Gasteiger partial charge in [0.2, 0.25) is 0 Å². The number of aliphatic hydroxyl groups excluding tert-OH is 1. The van der Waals surface area contributed by atoms with Crippen molar-refractivity contribution in [1.82, 2.24) is 19.4 Å². The van der Waals surface area contributed by atoms with Gasteiger partial charge in [-0.15, -0.1) is 0 Å². The number of likely N-dealkylation sites (tertiary alicyclic amines) is 1. The molecule has 1 N–H and O–H groups in total. The van der Waals surface area contributed by atoms with Crippen LogP contribution in [0.25, 0.3) is 5.76 Å². The molecule has 3 aromatic rings. The highest BCUT2D eigenvalue weighted by molar-refractivity contribution is 6.46. The number of pyridine rings is 1. The number of imidazole rings is 1. The largest absolute Gasteiger partial charge is 0.507 e. The Morgan fingerprint density at radius 3 is 2.61 bits per heavy atom. The molecule has 170 valence electrons. The topological polar surface area (TPSA) is 107 Å². The highest BCUT2D eigenvalue weighted by Gasteiger charge is 2.46. The van der Waals surface area contributed by atoms with Gasteiger partial charge in [-0.3, -0.25) is 14.6 Å². The minimum Gasteiger partial charge on any atom is -0.507 e. The molecule has 1 amide bonds. The lowest BCUT2D eigenvalue weighted by molar-refractivity contribution is -0.139. The quantitative estimate of drug-likeness (QED) is 0.321. The number of ketones is 1. The molecule has 0 saturated carbocycles. The third-order valence-corrected chi connectivity index (χ3v) is 5.58. The zero-order valence-corrected chi connectivity index (χ0v) is 18.3. The van der Waals surface area contributed by atoms with Crippen LogP contribution in [-0.4, -0.2) is 57.0 Å². The van der Waals surface area contributed by atoms with Gasteiger partial charge in [0.05, 0.1) is 37.7 Å². The van der Waals surface area contributed by atoms with E-state index < -0.39 is 17.7 Å². The Balaban J connectivity index is 1.75. The Bertz CT molecular complexity index is 1170. The number of carbonyl (C=O) groups is 2. The molecule has 4 rings (SSSR count). The Kier molecular flexibility index (Phi) is 6.39. The van der Waals surface area contributed by atoms with Gasteiger partial charge in [0.25, 0.3) is 11.7 Å². The van der Waals surface area contributed by atoms with Crippen molar-refractivity contribution >= 4 is 17.4 Å². The summed E-state index contributed by atoms with van der Waals surface area (Å²) in [6.07, 6.45) is 9.03. The van der Waals surface area contributed by atoms with E-state index in [4.69, 9.17) is 9.47 Å². The Morgan fingerprint density at radius 1 is 1.09 bits per heavy atom. The zero-order valence-electron chi connectivity index (χ0n) is 18.3. The van der Waals surface area contributed by atoms with Crippen molar-refractivity contribution in [3.05, 3.63) is 78.1 Å². The van der Waals surface area contributed by atoms with Crippen LogP contribution in [0.1, 0.15) is 23.6 Å². The summed E-state index contributed by atoms with van der Waals surface area (Å²) in [5.74, 6) is -0.862. The lowest BCUT2D eigenvalue weighted by atomic mass is 9.96. The number of hydrogen-bond acceptors (Lipinski definition) is 7. The smallest absolute Gasteiger partial charge is 0.295 e. The zero-order chi connectivity index (χ0) is 23.4. The summed E-state index contributed by atoms with van der Waals surface area (Å²) in [4.78, 5) is 35.8. The molecule has 9 heteroatoms. The molecule has 1 saturated heterocycles. The van der Waals surface area contributed by atoms with E-state index in [9.17, 15) is 14.7 Å². The van der Waals surface area contributed by atoms with Crippen molar-refractivity contribution in [3.63, 3.8) is 0 Å². The van der Waals surface area contributed by atoms with Crippen LogP contribution in [0.15, 0.2) is 67.0 Å². The highest BCUT2D eigenvalue weighted by Crippen LogP contribution is 2.41. The van der Waals surface area contributed by atoms with Crippen LogP contribution in [0.3, 0.4) is 0 Å². The minimum absolute atomic E-state index is 0.000835. The summed E-state index contributed by atoms with van der Waals surface area (Å²) in [7, 11) is 2.98. The van der Waals surface area contributed by atoms with Crippen molar-refractivity contribution in [1.29, 1.82) is 0 Å². The Hall–Kier alpha value is -4.14. The number of rotatable bonds is 8. The summed E-state index contributed by atoms with van der Waals surface area (Å²) >= 11 is 0. The van der Waals surface area contributed by atoms with Crippen LogP contribution < -0.4 is 9.47 Å². The second-order valence-corrected chi connectivity index (χ2v) is 7.50. The number of ether oxygens (including phenoxy) is 2. The average Bonchev–Trinajstić information content (AvgIpc) is 3.46. The summed E-state index contributed by atoms with van der Waals surface area (Å²) in [6.45, 7) is 0.952. The van der Waals surface area contributed by atoms with Crippen molar-refractivity contribution in [2.45, 2.75) is 19.0 Å². The lowest BCUT2D eigenvalue weighted by Gasteiger charge is -2.25. The van der Waals surface area contributed by atoms with E-state index in [0.717, 1.165) is 0 Å². The van der Waals surface area contributed by atoms with Gasteiger partial charge in [-0.25, -0.2) is 4.98 Å². The predicted octanol–water partition coefficient (Wildman–Crippen LogP) is 2.81. The Labute approximate surface area is 190 Å². The molecule has 0 radical (unpaired) electrons. The molecule has 0 aliphatic carbocycles. The molecule has 0 unspecified atom stereocenters. The fraction of sp³-hybridized carbons (Fsp3) is 0.250. The first-order valence-corrected chi connectivity index (χ1v) is 10.4. The average molecular weight is 448 g/mol. The molecule has 2 aromatic heterocycles. The number of hydrogen-bond donors (Lipinski definition) is 1. The standard InChI is InChI=1S/C24H24N4O5/c1-32-17-6-7-18(19(13-17)33-2)22(29)20-21(16-5-3-8-25-14-16)28(24(31)23(20)30)11-4-10-27-12-9-26-15-27/h3,5-9,12-15,21,29H,4,10-11H2,1-2H3/t21-/m0/s1. The summed E-state index contributed by atoms with van der Waals surface area (Å²) < 4.78 is 12.5. The Morgan fingerprint density at radius 2 is 1.94 bits per heavy atom. The lowest BCUT2D eigenvalue weighted by Crippen LogP contribution is -2.31. The number of aliphatic hydroxyl groups is 1. The molecule has 33 heavy (non-hydrogen) atoms. The van der Waals surface area contributed by atoms with Crippen LogP contribution in [0.4, 0.5) is 0 Å². The third kappa shape index (κ3) is 4.30. The molecule has 1 atom stereocenters. The number of carbonyl (C=O) groups excluding carboxylic acids is 2. The summed E-state index contributed by atoms with van der Waals surface area (Å²) in [5.41, 5.74) is 0.927. The van der Waals surface area contributed by atoms with Gasteiger partial charge in [-0.05, 0) is 30.2 Å². The van der Waals surface area contributed by atoms with Crippen LogP contribution in [0.2, 0.25) is 0 Å². The number of methoxy groups -OCH3 is 2. The van der Waals surface area contributed by atoms with Gasteiger partial charge in [0.1, 0.15) is 17.3 Å². The summed E-state index contributed by atoms with van der Waals surface area (Å²) in [5, 5.41) is 11.2. The van der Waals surface area contributed by atoms with Gasteiger partial charge in [-0.2, -0.15) is 0 Å². The monoisotopic (exact) mass is 448 g/mol. The van der Waals surface area contributed by atoms with Gasteiger partial charge in [0, 0.05) is 43.9 Å². The second-order valence-electron chi connectivity index (χ2n) is 7.50. The van der Waals surface area contributed by atoms with E-state index in [1.165, 1.54) is 19.1 Å². The van der Waals surface area contributed by atoms with Crippen LogP contribution in [-0.2, 0) is 16.1 Å². The predicted molar refractivity (Wildman–Crippen MR) is 120 cm³/mol. The molecule has 0 bridgehead atoms. The SMILES string of the molecule is COc1ccc(C(O)=C2C(=O)C(=O)N(CCCn3ccnc3)[C@H]2c2cccnc2)c(OC)c1. The van der Waals surface area contributed by atoms with Gasteiger partial charge in [0.15, 0.2) is 0 Å². The molecule has 9 nitrogen and oxygen atoms in total. The van der Waals surface area contributed by atoms with Gasteiger partial charge < -0.3 is 24.0 Å². The first-order valence-electron chi connectivity index (χ1n) is 10.4. The number of aromatic nitrogens is 3. The fourth-order valence-corrected chi connectivity index (χ4v) is 3.98. The molecule has 3 heterocycles. The normalized spacial score (nSPS) is 17.4. The van der Waals surface area contributed by atoms with Crippen LogP contribution >= 0.6 is 0 Å². The third-order valence-electron chi connectivity index (χ3n) is 5.58. The van der Waals surface area contributed by atoms with Gasteiger partial charge >= 0.3 is 0 Å². The number of Topliss-reactive ketones (excluding diaryl/α,β-unsaturated/α-hetero) is 1. The molecule has 0 spiro atoms. The van der Waals surface area contributed by atoms with E-state index in [-0.39, 0.29) is 11.3 Å². The maximum absolute atomic E-state index is 13.1. The number of aryl methyl sites for hydroxylation is 1. The number of nitrogens with zero attached hydrogens (tertiary/aromatic N) is 4. The van der Waals surface area contributed by atoms with Crippen molar-refractivity contribution in [2.75, 3.05) is 20.8 Å². The summed E-state index contributed by atoms with van der Waals surface area (Å²) in [6, 6.07) is 7.60. The van der Waals surface area contributed by atoms with E-state index in [1.807, 2.05) is 10.8 Å². The maximum atomic E-state index is 13.1. The van der Waals surface area contributed by atoms with Crippen LogP contribution in [0.5, 0.6) is 11.5 Å². The number of benzene rings is 1. The minimum atomic E-state index is -0.770. The van der Waals surface area contributed by atoms with E-state index in [2.05, 4.69) is 9.97 Å². The van der Waals surface area contributed by atoms with Crippen LogP contribution in [0, 0.1) is 0 Å².